The van der Waals surface area contributed by atoms with Gasteiger partial charge in [-0.1, -0.05) is 0 Å². The highest BCUT2D eigenvalue weighted by atomic mass is 32.2. The molecule has 1 heterocycles. The van der Waals surface area contributed by atoms with Crippen molar-refractivity contribution in [2.24, 2.45) is 5.14 Å². The number of nitrogens with two attached hydrogens (primary N) is 1. The van der Waals surface area contributed by atoms with Gasteiger partial charge in [-0.05, 0) is 0 Å². The third kappa shape index (κ3) is 3.45. The van der Waals surface area contributed by atoms with Crippen LogP contribution in [0.15, 0.2) is 11.1 Å². The Bertz CT molecular complexity index is 644. The second-order valence-electron chi connectivity index (χ2n) is 3.16. The quantitative estimate of drug-likeness (QED) is 0.632. The van der Waals surface area contributed by atoms with E-state index in [9.17, 15) is 31.7 Å². The van der Waals surface area contributed by atoms with Crippen molar-refractivity contribution in [2.45, 2.75) is 11.3 Å². The van der Waals surface area contributed by atoms with Crippen LogP contribution in [0.2, 0.25) is 0 Å². The van der Waals surface area contributed by atoms with Gasteiger partial charge in [0.05, 0.1) is 12.0 Å². The van der Waals surface area contributed by atoms with E-state index in [0.717, 1.165) is 7.11 Å². The zero-order chi connectivity index (χ0) is 15.7. The molecule has 0 unspecified atom stereocenters. The molecule has 1 rings (SSSR count). The molecule has 0 aliphatic rings. The largest absolute Gasteiger partial charge is 0.573 e. The molecule has 20 heavy (non-hydrogen) atoms. The molecule has 1 aromatic rings. The van der Waals surface area contributed by atoms with Gasteiger partial charge in [-0.3, -0.25) is 10.1 Å². The molecule has 0 saturated carbocycles. The predicted molar refractivity (Wildman–Crippen MR) is 55.5 cm³/mol. The zero-order valence-corrected chi connectivity index (χ0v) is 10.4. The fraction of sp³-hybridized carbons (Fsp3) is 0.286. The van der Waals surface area contributed by atoms with Crippen LogP contribution in [-0.4, -0.2) is 31.8 Å². The maximum absolute atomic E-state index is 12.2. The van der Waals surface area contributed by atoms with Gasteiger partial charge in [0.15, 0.2) is 4.90 Å². The Kier molecular flexibility index (Phi) is 4.04. The van der Waals surface area contributed by atoms with Crippen molar-refractivity contribution in [2.75, 3.05) is 7.11 Å². The number of hydrogen-bond donors (Lipinski definition) is 1. The van der Waals surface area contributed by atoms with Crippen LogP contribution in [0, 0.1) is 10.1 Å². The van der Waals surface area contributed by atoms with Gasteiger partial charge in [-0.15, -0.1) is 13.2 Å². The first-order chi connectivity index (χ1) is 8.97. The van der Waals surface area contributed by atoms with Crippen LogP contribution >= 0.6 is 0 Å². The van der Waals surface area contributed by atoms with E-state index in [1.807, 2.05) is 0 Å². The third-order valence-corrected chi connectivity index (χ3v) is 2.76. The predicted octanol–water partition coefficient (Wildman–Crippen LogP) is 0.544. The highest BCUT2D eigenvalue weighted by Crippen LogP contribution is 2.40. The summed E-state index contributed by atoms with van der Waals surface area (Å²) in [4.78, 5) is 11.2. The van der Waals surface area contributed by atoms with Crippen molar-refractivity contribution in [1.29, 1.82) is 0 Å². The van der Waals surface area contributed by atoms with Gasteiger partial charge in [-0.2, -0.15) is 0 Å². The molecule has 0 radical (unpaired) electrons. The molecule has 0 aromatic carbocycles. The summed E-state index contributed by atoms with van der Waals surface area (Å²) in [7, 11) is -3.93. The van der Waals surface area contributed by atoms with E-state index in [0.29, 0.717) is 6.20 Å². The van der Waals surface area contributed by atoms with Crippen molar-refractivity contribution < 1.29 is 36.0 Å². The van der Waals surface area contributed by atoms with Crippen molar-refractivity contribution in [3.63, 3.8) is 0 Å². The van der Waals surface area contributed by atoms with Crippen LogP contribution in [0.4, 0.5) is 18.9 Å². The number of aromatic nitrogens is 1. The van der Waals surface area contributed by atoms with E-state index >= 15 is 0 Å². The van der Waals surface area contributed by atoms with Crippen LogP contribution in [0.3, 0.4) is 0 Å². The number of primary sulfonamides is 1. The highest BCUT2D eigenvalue weighted by Gasteiger charge is 2.40. The maximum Gasteiger partial charge on any atom is 0.573 e. The summed E-state index contributed by atoms with van der Waals surface area (Å²) in [5.41, 5.74) is -1.33. The van der Waals surface area contributed by atoms with Crippen molar-refractivity contribution >= 4 is 15.7 Å². The highest BCUT2D eigenvalue weighted by molar-refractivity contribution is 7.89. The number of halogens is 3. The number of sulfonamides is 1. The van der Waals surface area contributed by atoms with E-state index in [1.54, 1.807) is 0 Å². The first-order valence-electron chi connectivity index (χ1n) is 4.47. The minimum Gasteiger partial charge on any atom is -0.480 e. The average Bonchev–Trinajstić information content (AvgIpc) is 2.23. The lowest BCUT2D eigenvalue weighted by Crippen LogP contribution is -2.22. The molecule has 0 aliphatic carbocycles. The lowest BCUT2D eigenvalue weighted by molar-refractivity contribution is -0.389. The molecule has 0 amide bonds. The number of ether oxygens (including phenoxy) is 2. The van der Waals surface area contributed by atoms with Crippen molar-refractivity contribution in [3.05, 3.63) is 16.3 Å². The van der Waals surface area contributed by atoms with Gasteiger partial charge in [0.1, 0.15) is 6.20 Å². The van der Waals surface area contributed by atoms with E-state index in [4.69, 9.17) is 5.14 Å². The first kappa shape index (κ1) is 15.9. The standard InChI is InChI=1S/C7H6F3N3O6S/c1-18-6-5(20(11,16)17)4(19-7(8,9)10)3(2-12-6)13(14)15/h2H,1H3,(H2,11,16,17). The van der Waals surface area contributed by atoms with Gasteiger partial charge in [0.2, 0.25) is 21.7 Å². The van der Waals surface area contributed by atoms with E-state index in [-0.39, 0.29) is 0 Å². The second-order valence-corrected chi connectivity index (χ2v) is 4.66. The Balaban J connectivity index is 3.75. The first-order valence-corrected chi connectivity index (χ1v) is 6.02. The van der Waals surface area contributed by atoms with Gasteiger partial charge >= 0.3 is 12.0 Å². The fourth-order valence-corrected chi connectivity index (χ4v) is 1.98. The summed E-state index contributed by atoms with van der Waals surface area (Å²) in [5.74, 6) is -2.48. The normalized spacial score (nSPS) is 12.1. The molecule has 0 aliphatic heterocycles. The van der Waals surface area contributed by atoms with Crippen molar-refractivity contribution in [3.8, 4) is 11.6 Å². The molecule has 0 saturated heterocycles. The molecular formula is C7H6F3N3O6S. The number of rotatable bonds is 4. The van der Waals surface area contributed by atoms with E-state index < -0.39 is 43.5 Å². The maximum atomic E-state index is 12.2. The molecule has 13 heteroatoms. The molecule has 9 nitrogen and oxygen atoms in total. The minimum atomic E-state index is -5.38. The van der Waals surface area contributed by atoms with Gasteiger partial charge in [-0.25, -0.2) is 18.5 Å². The van der Waals surface area contributed by atoms with Gasteiger partial charge < -0.3 is 9.47 Å². The molecule has 112 valence electrons. The third-order valence-electron chi connectivity index (χ3n) is 1.83. The van der Waals surface area contributed by atoms with E-state index in [1.165, 1.54) is 0 Å². The van der Waals surface area contributed by atoms with Crippen LogP contribution in [0.5, 0.6) is 11.6 Å². The molecule has 1 aromatic heterocycles. The van der Waals surface area contributed by atoms with E-state index in [2.05, 4.69) is 14.5 Å². The summed E-state index contributed by atoms with van der Waals surface area (Å²) in [6.07, 6.45) is -5.02. The molecule has 2 N–H and O–H groups in total. The molecule has 0 bridgehead atoms. The molecule has 0 spiro atoms. The number of nitro groups is 1. The van der Waals surface area contributed by atoms with Gasteiger partial charge in [0.25, 0.3) is 0 Å². The number of nitrogens with zero attached hydrogens (tertiary/aromatic N) is 2. The molecule has 0 fully saturated rings. The van der Waals surface area contributed by atoms with Crippen molar-refractivity contribution in [1.82, 2.24) is 4.98 Å². The summed E-state index contributed by atoms with van der Waals surface area (Å²) in [5, 5.41) is 15.3. The Hall–Kier alpha value is -2.15. The summed E-state index contributed by atoms with van der Waals surface area (Å²) >= 11 is 0. The number of hydrogen-bond acceptors (Lipinski definition) is 7. The van der Waals surface area contributed by atoms with Crippen LogP contribution < -0.4 is 14.6 Å². The zero-order valence-electron chi connectivity index (χ0n) is 9.54. The Morgan fingerprint density at radius 2 is 2.00 bits per heavy atom. The van der Waals surface area contributed by atoms with Crippen LogP contribution in [-0.2, 0) is 10.0 Å². The lowest BCUT2D eigenvalue weighted by Gasteiger charge is -2.13. The second kappa shape index (κ2) is 5.09. The van der Waals surface area contributed by atoms with Crippen LogP contribution in [0.1, 0.15) is 0 Å². The lowest BCUT2D eigenvalue weighted by atomic mass is 10.4. The average molecular weight is 317 g/mol. The Morgan fingerprint density at radius 1 is 1.45 bits per heavy atom. The summed E-state index contributed by atoms with van der Waals surface area (Å²) < 4.78 is 67.1. The number of alkyl halides is 3. The Labute approximate surface area is 109 Å². The van der Waals surface area contributed by atoms with Crippen LogP contribution in [0.25, 0.3) is 0 Å². The topological polar surface area (TPSA) is 135 Å². The smallest absolute Gasteiger partial charge is 0.480 e. The SMILES string of the molecule is COc1ncc([N+](=O)[O-])c(OC(F)(F)F)c1S(N)(=O)=O. The van der Waals surface area contributed by atoms with Gasteiger partial charge in [0, 0.05) is 0 Å². The Morgan fingerprint density at radius 3 is 2.35 bits per heavy atom. The summed E-state index contributed by atoms with van der Waals surface area (Å²) in [6, 6.07) is 0. The number of methoxy groups -OCH3 is 1. The minimum absolute atomic E-state index is 0.356. The molecule has 0 atom stereocenters. The molecular weight excluding hydrogens is 311 g/mol. The monoisotopic (exact) mass is 317 g/mol. The number of pyridine rings is 1. The summed E-state index contributed by atoms with van der Waals surface area (Å²) in [6.45, 7) is 0. The fourth-order valence-electron chi connectivity index (χ4n) is 1.19.